The number of sulfonamides is 1. The van der Waals surface area contributed by atoms with Crippen molar-refractivity contribution in [2.75, 3.05) is 28.9 Å². The summed E-state index contributed by atoms with van der Waals surface area (Å²) < 4.78 is 25.4. The Labute approximate surface area is 137 Å². The summed E-state index contributed by atoms with van der Waals surface area (Å²) in [5.41, 5.74) is 0.763. The molecule has 1 amide bonds. The minimum absolute atomic E-state index is 0. The number of carbonyl (C=O) groups is 1. The lowest BCUT2D eigenvalue weighted by molar-refractivity contribution is -0.123. The molecule has 22 heavy (non-hydrogen) atoms. The summed E-state index contributed by atoms with van der Waals surface area (Å²) in [6, 6.07) is 6.66. The zero-order valence-electron chi connectivity index (χ0n) is 12.7. The van der Waals surface area contributed by atoms with E-state index in [1.54, 1.807) is 31.2 Å². The minimum Gasteiger partial charge on any atom is -0.326 e. The number of nitrogens with one attached hydrogen (secondary N) is 3. The van der Waals surface area contributed by atoms with E-state index < -0.39 is 10.0 Å². The minimum atomic E-state index is -3.28. The van der Waals surface area contributed by atoms with Crippen LogP contribution >= 0.6 is 12.4 Å². The van der Waals surface area contributed by atoms with E-state index in [1.165, 1.54) is 0 Å². The molecule has 0 radical (unpaired) electrons. The summed E-state index contributed by atoms with van der Waals surface area (Å²) in [5, 5.41) is 6.06. The van der Waals surface area contributed by atoms with E-state index in [2.05, 4.69) is 15.4 Å². The summed E-state index contributed by atoms with van der Waals surface area (Å²) in [6.07, 6.45) is 0.813. The Morgan fingerprint density at radius 3 is 2.36 bits per heavy atom. The molecule has 1 unspecified atom stereocenters. The maximum Gasteiger partial charge on any atom is 0.232 e. The Kier molecular flexibility index (Phi) is 6.22. The van der Waals surface area contributed by atoms with Gasteiger partial charge in [0, 0.05) is 17.9 Å². The molecule has 1 aromatic rings. The van der Waals surface area contributed by atoms with Crippen molar-refractivity contribution in [3.8, 4) is 0 Å². The average Bonchev–Trinajstić information content (AvgIpc) is 2.89. The standard InChI is InChI=1S/C14H21N3O3S.ClH/c1-3-21(19,20)17-12-6-4-11(5-7-12)16-13(18)14(2)8-9-15-10-14;/h4-7,15,17H,3,8-10H2,1-2H3,(H,16,18);1H. The van der Waals surface area contributed by atoms with Crippen molar-refractivity contribution in [2.24, 2.45) is 5.41 Å². The molecule has 2 rings (SSSR count). The molecule has 0 bridgehead atoms. The van der Waals surface area contributed by atoms with Gasteiger partial charge in [-0.3, -0.25) is 9.52 Å². The molecule has 0 aliphatic carbocycles. The monoisotopic (exact) mass is 347 g/mol. The molecular weight excluding hydrogens is 326 g/mol. The number of rotatable bonds is 5. The zero-order valence-corrected chi connectivity index (χ0v) is 14.3. The van der Waals surface area contributed by atoms with Gasteiger partial charge in [-0.05, 0) is 51.1 Å². The molecule has 1 saturated heterocycles. The Bertz CT molecular complexity index is 611. The highest BCUT2D eigenvalue weighted by molar-refractivity contribution is 7.92. The predicted molar refractivity (Wildman–Crippen MR) is 91.0 cm³/mol. The van der Waals surface area contributed by atoms with Crippen LogP contribution < -0.4 is 15.4 Å². The van der Waals surface area contributed by atoms with Crippen LogP contribution in [0.2, 0.25) is 0 Å². The Balaban J connectivity index is 0.00000242. The SMILES string of the molecule is CCS(=O)(=O)Nc1ccc(NC(=O)C2(C)CCNC2)cc1.Cl. The van der Waals surface area contributed by atoms with Crippen LogP contribution in [0.15, 0.2) is 24.3 Å². The highest BCUT2D eigenvalue weighted by Crippen LogP contribution is 2.26. The van der Waals surface area contributed by atoms with Gasteiger partial charge in [-0.2, -0.15) is 0 Å². The maximum atomic E-state index is 12.2. The first kappa shape index (κ1) is 18.7. The van der Waals surface area contributed by atoms with Crippen molar-refractivity contribution >= 4 is 39.7 Å². The van der Waals surface area contributed by atoms with Gasteiger partial charge in [0.15, 0.2) is 0 Å². The fourth-order valence-electron chi connectivity index (χ4n) is 2.17. The van der Waals surface area contributed by atoms with Crippen molar-refractivity contribution in [3.05, 3.63) is 24.3 Å². The third-order valence-electron chi connectivity index (χ3n) is 3.71. The zero-order chi connectivity index (χ0) is 15.5. The van der Waals surface area contributed by atoms with Crippen molar-refractivity contribution < 1.29 is 13.2 Å². The molecule has 6 nitrogen and oxygen atoms in total. The van der Waals surface area contributed by atoms with Crippen LogP contribution in [0.1, 0.15) is 20.3 Å². The van der Waals surface area contributed by atoms with Crippen LogP contribution in [0, 0.1) is 5.41 Å². The first-order valence-corrected chi connectivity index (χ1v) is 8.63. The second-order valence-corrected chi connectivity index (χ2v) is 7.54. The van der Waals surface area contributed by atoms with Gasteiger partial charge in [-0.25, -0.2) is 8.42 Å². The van der Waals surface area contributed by atoms with E-state index in [-0.39, 0.29) is 29.5 Å². The molecular formula is C14H22ClN3O3S. The van der Waals surface area contributed by atoms with Crippen molar-refractivity contribution in [1.82, 2.24) is 5.32 Å². The first-order valence-electron chi connectivity index (χ1n) is 6.97. The van der Waals surface area contributed by atoms with Crippen molar-refractivity contribution in [2.45, 2.75) is 20.3 Å². The molecule has 0 saturated carbocycles. The van der Waals surface area contributed by atoms with E-state index in [1.807, 2.05) is 6.92 Å². The molecule has 1 atom stereocenters. The number of anilines is 2. The second-order valence-electron chi connectivity index (χ2n) is 5.52. The molecule has 8 heteroatoms. The third kappa shape index (κ3) is 4.59. The second kappa shape index (κ2) is 7.30. The van der Waals surface area contributed by atoms with Gasteiger partial charge >= 0.3 is 0 Å². The Morgan fingerprint density at radius 2 is 1.86 bits per heavy atom. The number of halogens is 1. The van der Waals surface area contributed by atoms with Gasteiger partial charge in [0.05, 0.1) is 11.2 Å². The van der Waals surface area contributed by atoms with Crippen molar-refractivity contribution in [3.63, 3.8) is 0 Å². The summed E-state index contributed by atoms with van der Waals surface area (Å²) in [6.45, 7) is 5.04. The van der Waals surface area contributed by atoms with E-state index in [0.717, 1.165) is 13.0 Å². The van der Waals surface area contributed by atoms with Gasteiger partial charge in [0.2, 0.25) is 15.9 Å². The van der Waals surface area contributed by atoms with Gasteiger partial charge in [-0.1, -0.05) is 0 Å². The van der Waals surface area contributed by atoms with E-state index in [0.29, 0.717) is 17.9 Å². The molecule has 1 fully saturated rings. The number of hydrogen-bond donors (Lipinski definition) is 3. The van der Waals surface area contributed by atoms with Crippen LogP contribution in [0.25, 0.3) is 0 Å². The summed E-state index contributed by atoms with van der Waals surface area (Å²) in [7, 11) is -3.28. The first-order chi connectivity index (χ1) is 9.85. The highest BCUT2D eigenvalue weighted by Gasteiger charge is 2.36. The molecule has 1 heterocycles. The number of hydrogen-bond acceptors (Lipinski definition) is 4. The lowest BCUT2D eigenvalue weighted by atomic mass is 9.89. The topological polar surface area (TPSA) is 87.3 Å². The molecule has 1 aliphatic rings. The molecule has 3 N–H and O–H groups in total. The van der Waals surface area contributed by atoms with Gasteiger partial charge < -0.3 is 10.6 Å². The van der Waals surface area contributed by atoms with Crippen molar-refractivity contribution in [1.29, 1.82) is 0 Å². The maximum absolute atomic E-state index is 12.2. The number of benzene rings is 1. The number of amides is 1. The fraction of sp³-hybridized carbons (Fsp3) is 0.500. The van der Waals surface area contributed by atoms with Gasteiger partial charge in [0.1, 0.15) is 0 Å². The predicted octanol–water partition coefficient (Wildman–Crippen LogP) is 1.81. The van der Waals surface area contributed by atoms with E-state index in [9.17, 15) is 13.2 Å². The summed E-state index contributed by atoms with van der Waals surface area (Å²) in [4.78, 5) is 12.2. The summed E-state index contributed by atoms with van der Waals surface area (Å²) >= 11 is 0. The van der Waals surface area contributed by atoms with Crippen LogP contribution in [0.3, 0.4) is 0 Å². The molecule has 1 aromatic carbocycles. The van der Waals surface area contributed by atoms with Crippen LogP contribution in [0.5, 0.6) is 0 Å². The molecule has 124 valence electrons. The molecule has 0 spiro atoms. The van der Waals surface area contributed by atoms with E-state index in [4.69, 9.17) is 0 Å². The van der Waals surface area contributed by atoms with Crippen LogP contribution in [-0.2, 0) is 14.8 Å². The lowest BCUT2D eigenvalue weighted by Gasteiger charge is -2.21. The van der Waals surface area contributed by atoms with Gasteiger partial charge in [-0.15, -0.1) is 12.4 Å². The normalized spacial score (nSPS) is 21.0. The average molecular weight is 348 g/mol. The fourth-order valence-corrected chi connectivity index (χ4v) is 2.81. The molecule has 0 aromatic heterocycles. The van der Waals surface area contributed by atoms with E-state index >= 15 is 0 Å². The highest BCUT2D eigenvalue weighted by atomic mass is 35.5. The van der Waals surface area contributed by atoms with Crippen LogP contribution in [-0.4, -0.2) is 33.2 Å². The Morgan fingerprint density at radius 1 is 1.27 bits per heavy atom. The summed E-state index contributed by atoms with van der Waals surface area (Å²) in [5.74, 6) is 0.00556. The number of carbonyl (C=O) groups excluding carboxylic acids is 1. The Hall–Kier alpha value is -1.31. The lowest BCUT2D eigenvalue weighted by Crippen LogP contribution is -2.35. The van der Waals surface area contributed by atoms with Gasteiger partial charge in [0.25, 0.3) is 0 Å². The molecule has 1 aliphatic heterocycles. The smallest absolute Gasteiger partial charge is 0.232 e. The largest absolute Gasteiger partial charge is 0.326 e. The third-order valence-corrected chi connectivity index (χ3v) is 5.02. The quantitative estimate of drug-likeness (QED) is 0.758. The van der Waals surface area contributed by atoms with Crippen LogP contribution in [0.4, 0.5) is 11.4 Å².